The van der Waals surface area contributed by atoms with Crippen LogP contribution >= 0.6 is 0 Å². The van der Waals surface area contributed by atoms with Gasteiger partial charge in [-0.1, -0.05) is 0 Å². The summed E-state index contributed by atoms with van der Waals surface area (Å²) in [5, 5.41) is 29.6. The van der Waals surface area contributed by atoms with E-state index in [4.69, 9.17) is 0 Å². The molecule has 0 amide bonds. The molecule has 0 heterocycles. The van der Waals surface area contributed by atoms with Gasteiger partial charge in [-0.3, -0.25) is 0 Å². The summed E-state index contributed by atoms with van der Waals surface area (Å²) in [5.74, 6) is 0. The molecule has 9 nitrogen and oxygen atoms in total. The molecule has 0 fully saturated rings. The van der Waals surface area contributed by atoms with Gasteiger partial charge >= 0.3 is 74.5 Å². The second-order valence-electron chi connectivity index (χ2n) is 1.55. The van der Waals surface area contributed by atoms with Crippen molar-refractivity contribution in [3.8, 4) is 0 Å². The molecule has 0 saturated heterocycles. The summed E-state index contributed by atoms with van der Waals surface area (Å²) in [7, 11) is 0. The zero-order valence-corrected chi connectivity index (χ0v) is 10.5. The van der Waals surface area contributed by atoms with Crippen LogP contribution in [0.4, 0.5) is 0 Å². The van der Waals surface area contributed by atoms with Gasteiger partial charge in [0.2, 0.25) is 0 Å². The van der Waals surface area contributed by atoms with Crippen molar-refractivity contribution in [2.24, 2.45) is 0 Å². The SMILES string of the molecule is O=[N+]([O-])[C]([Hg])([N+](=O)[O-])[N+](=O)[O-]. The molecule has 0 atom stereocenters. The molecule has 57 valence electrons. The van der Waals surface area contributed by atoms with Crippen molar-refractivity contribution in [3.05, 3.63) is 30.3 Å². The van der Waals surface area contributed by atoms with Crippen LogP contribution in [0, 0.1) is 30.3 Å². The van der Waals surface area contributed by atoms with Gasteiger partial charge in [-0.25, -0.2) is 0 Å². The van der Waals surface area contributed by atoms with E-state index >= 15 is 0 Å². The number of nitrogens with zero attached hydrogens (tertiary/aromatic N) is 3. The summed E-state index contributed by atoms with van der Waals surface area (Å²) in [6.45, 7) is 0. The van der Waals surface area contributed by atoms with Crippen molar-refractivity contribution in [2.45, 2.75) is 3.30 Å². The Balaban J connectivity index is 4.99. The molecule has 11 heavy (non-hydrogen) atoms. The summed E-state index contributed by atoms with van der Waals surface area (Å²) < 4.78 is -3.14. The van der Waals surface area contributed by atoms with E-state index < -0.39 is 44.2 Å². The van der Waals surface area contributed by atoms with E-state index in [0.717, 1.165) is 0 Å². The summed E-state index contributed by atoms with van der Waals surface area (Å²) in [6.07, 6.45) is 0. The van der Waals surface area contributed by atoms with E-state index in [0.29, 0.717) is 0 Å². The van der Waals surface area contributed by atoms with Gasteiger partial charge in [-0.05, 0) is 0 Å². The quantitative estimate of drug-likeness (QED) is 0.277. The van der Waals surface area contributed by atoms with Crippen molar-refractivity contribution in [2.75, 3.05) is 0 Å². The maximum atomic E-state index is 9.88. The molecule has 0 unspecified atom stereocenters. The number of hydrogen-bond acceptors (Lipinski definition) is 6. The van der Waals surface area contributed by atoms with E-state index in [1.807, 2.05) is 0 Å². The molecular weight excluding hydrogens is 351 g/mol. The molecule has 0 aliphatic carbocycles. The Bertz CT molecular complexity index is 188. The molecule has 0 saturated carbocycles. The summed E-state index contributed by atoms with van der Waals surface area (Å²) in [4.78, 5) is 25.2. The van der Waals surface area contributed by atoms with Crippen molar-refractivity contribution >= 4 is 0 Å². The van der Waals surface area contributed by atoms with Gasteiger partial charge in [0, 0.05) is 0 Å². The van der Waals surface area contributed by atoms with Gasteiger partial charge in [0.25, 0.3) is 0 Å². The Labute approximate surface area is 74.8 Å². The first kappa shape index (κ1) is 10.1. The van der Waals surface area contributed by atoms with Crippen LogP contribution in [0.2, 0.25) is 0 Å². The van der Waals surface area contributed by atoms with E-state index in [1.165, 1.54) is 0 Å². The van der Waals surface area contributed by atoms with Gasteiger partial charge in [0.05, 0.1) is 0 Å². The second-order valence-corrected chi connectivity index (χ2v) is 5.23. The van der Waals surface area contributed by atoms with Crippen molar-refractivity contribution in [1.29, 1.82) is 0 Å². The van der Waals surface area contributed by atoms with Crippen LogP contribution in [0.15, 0.2) is 0 Å². The molecular formula is CHgN3O6. The minimum absolute atomic E-state index is 1.21. The van der Waals surface area contributed by atoms with Crippen LogP contribution in [-0.4, -0.2) is 18.1 Å². The fraction of sp³-hybridized carbons (Fsp3) is 1.00. The summed E-state index contributed by atoms with van der Waals surface area (Å²) in [5.41, 5.74) is 0. The Morgan fingerprint density at radius 2 is 1.09 bits per heavy atom. The normalized spacial score (nSPS) is 10.7. The van der Waals surface area contributed by atoms with E-state index in [2.05, 4.69) is 0 Å². The van der Waals surface area contributed by atoms with Gasteiger partial charge in [-0.2, -0.15) is 0 Å². The molecule has 0 aliphatic heterocycles. The first-order valence-corrected chi connectivity index (χ1v) is 4.87. The Hall–Kier alpha value is -0.865. The van der Waals surface area contributed by atoms with Crippen molar-refractivity contribution in [1.82, 2.24) is 0 Å². The molecule has 0 spiro atoms. The van der Waals surface area contributed by atoms with E-state index in [-0.39, 0.29) is 0 Å². The topological polar surface area (TPSA) is 129 Å². The van der Waals surface area contributed by atoms with Gasteiger partial charge in [0.15, 0.2) is 0 Å². The van der Waals surface area contributed by atoms with Gasteiger partial charge in [0.1, 0.15) is 0 Å². The Morgan fingerprint density at radius 1 is 0.909 bits per heavy atom. The first-order chi connectivity index (χ1) is 4.83. The average Bonchev–Trinajstić information content (AvgIpc) is 1.84. The zero-order valence-electron chi connectivity index (χ0n) is 5.00. The standard InChI is InChI=1S/CN3O6.Hg/c5-2(6)1(3(7)8)4(9)10;. The van der Waals surface area contributed by atoms with Gasteiger partial charge in [-0.15, -0.1) is 0 Å². The fourth-order valence-corrected chi connectivity index (χ4v) is 0.200. The molecule has 0 aromatic carbocycles. The van der Waals surface area contributed by atoms with Crippen LogP contribution < -0.4 is 0 Å². The Kier molecular flexibility index (Phi) is 2.79. The third-order valence-electron chi connectivity index (χ3n) is 0.877. The van der Waals surface area contributed by atoms with Gasteiger partial charge < -0.3 is 0 Å². The molecule has 10 heteroatoms. The van der Waals surface area contributed by atoms with Crippen LogP contribution in [-0.2, 0) is 26.1 Å². The van der Waals surface area contributed by atoms with Crippen LogP contribution in [0.3, 0.4) is 0 Å². The Morgan fingerprint density at radius 3 is 1.09 bits per heavy atom. The van der Waals surface area contributed by atoms with Crippen molar-refractivity contribution in [3.63, 3.8) is 0 Å². The van der Waals surface area contributed by atoms with Crippen LogP contribution in [0.25, 0.3) is 0 Å². The molecule has 0 rings (SSSR count). The average molecular weight is 351 g/mol. The third-order valence-corrected chi connectivity index (χ3v) is 3.89. The predicted octanol–water partition coefficient (Wildman–Crippen LogP) is -1.03. The third kappa shape index (κ3) is 1.58. The van der Waals surface area contributed by atoms with Crippen LogP contribution in [0.5, 0.6) is 0 Å². The first-order valence-electron chi connectivity index (χ1n) is 2.12. The van der Waals surface area contributed by atoms with E-state index in [9.17, 15) is 30.3 Å². The molecule has 0 radical (unpaired) electrons. The minimum atomic E-state index is -3.14. The maximum absolute atomic E-state index is 9.88. The number of rotatable bonds is 3. The van der Waals surface area contributed by atoms with Crippen molar-refractivity contribution < 1.29 is 40.9 Å². The molecule has 0 aromatic rings. The predicted molar refractivity (Wildman–Crippen MR) is 23.7 cm³/mol. The number of nitro groups is 3. The summed E-state index contributed by atoms with van der Waals surface area (Å²) >= 11 is -1.21. The summed E-state index contributed by atoms with van der Waals surface area (Å²) in [6, 6.07) is 0. The van der Waals surface area contributed by atoms with E-state index in [1.54, 1.807) is 0 Å². The molecule has 0 N–H and O–H groups in total. The second kappa shape index (κ2) is 3.03. The van der Waals surface area contributed by atoms with Crippen LogP contribution in [0.1, 0.15) is 0 Å². The molecule has 0 aromatic heterocycles. The molecule has 0 bridgehead atoms. The monoisotopic (exact) mass is 352 g/mol. The number of hydrogen-bond donors (Lipinski definition) is 0. The fourth-order valence-electron chi connectivity index (χ4n) is 0.200. The molecule has 0 aliphatic rings. The zero-order chi connectivity index (χ0) is 9.23.